The molecule has 0 aromatic heterocycles. The minimum atomic E-state index is -0.195. The van der Waals surface area contributed by atoms with Crippen molar-refractivity contribution in [1.82, 2.24) is 4.90 Å². The average Bonchev–Trinajstić information content (AvgIpc) is 2.84. The maximum absolute atomic E-state index is 12.4. The molecule has 6 nitrogen and oxygen atoms in total. The van der Waals surface area contributed by atoms with Crippen molar-refractivity contribution >= 4 is 41.0 Å². The molecule has 2 saturated heterocycles. The molecule has 0 radical (unpaired) electrons. The van der Waals surface area contributed by atoms with E-state index in [9.17, 15) is 9.59 Å². The molecule has 2 fully saturated rings. The zero-order valence-corrected chi connectivity index (χ0v) is 20.3. The number of likely N-dealkylation sites (tertiary alicyclic amines) is 1. The molecule has 2 aromatic carbocycles. The van der Waals surface area contributed by atoms with Gasteiger partial charge in [0.25, 0.3) is 5.91 Å². The predicted octanol–water partition coefficient (Wildman–Crippen LogP) is 4.27. The van der Waals surface area contributed by atoms with Gasteiger partial charge in [-0.05, 0) is 79.3 Å². The Morgan fingerprint density at radius 2 is 1.79 bits per heavy atom. The monoisotopic (exact) mass is 485 g/mol. The number of amides is 2. The molecule has 176 valence electrons. The van der Waals surface area contributed by atoms with Crippen molar-refractivity contribution < 1.29 is 14.3 Å². The SMILES string of the molecule is NC(=O)C1CCN(Cc2cccc(NC(=O)COc3ccc(C4SCCCS4)cc3)c2)CC1. The highest BCUT2D eigenvalue weighted by atomic mass is 32.2. The number of hydrogen-bond acceptors (Lipinski definition) is 6. The summed E-state index contributed by atoms with van der Waals surface area (Å²) in [6.07, 6.45) is 2.89. The smallest absolute Gasteiger partial charge is 0.262 e. The summed E-state index contributed by atoms with van der Waals surface area (Å²) in [5, 5.41) is 2.92. The number of rotatable bonds is 8. The van der Waals surface area contributed by atoms with Gasteiger partial charge in [0, 0.05) is 18.2 Å². The molecule has 0 spiro atoms. The molecule has 2 heterocycles. The van der Waals surface area contributed by atoms with Gasteiger partial charge in [0.1, 0.15) is 5.75 Å². The molecule has 0 unspecified atom stereocenters. The van der Waals surface area contributed by atoms with Crippen LogP contribution < -0.4 is 15.8 Å². The third kappa shape index (κ3) is 7.16. The van der Waals surface area contributed by atoms with Gasteiger partial charge in [0.05, 0.1) is 4.58 Å². The molecule has 0 bridgehead atoms. The van der Waals surface area contributed by atoms with E-state index < -0.39 is 0 Å². The Kier molecular flexibility index (Phi) is 8.58. The number of nitrogens with two attached hydrogens (primary N) is 1. The van der Waals surface area contributed by atoms with Crippen LogP contribution in [0.25, 0.3) is 0 Å². The van der Waals surface area contributed by atoms with Crippen LogP contribution in [0, 0.1) is 5.92 Å². The first-order valence-electron chi connectivity index (χ1n) is 11.4. The molecule has 2 aliphatic heterocycles. The first-order valence-corrected chi connectivity index (χ1v) is 13.5. The second-order valence-corrected chi connectivity index (χ2v) is 11.2. The minimum Gasteiger partial charge on any atom is -0.484 e. The Balaban J connectivity index is 1.23. The van der Waals surface area contributed by atoms with E-state index in [4.69, 9.17) is 10.5 Å². The van der Waals surface area contributed by atoms with Crippen LogP contribution in [-0.4, -0.2) is 47.9 Å². The van der Waals surface area contributed by atoms with E-state index in [-0.39, 0.29) is 24.3 Å². The largest absolute Gasteiger partial charge is 0.484 e. The Bertz CT molecular complexity index is 940. The lowest BCUT2D eigenvalue weighted by molar-refractivity contribution is -0.123. The molecular weight excluding hydrogens is 454 g/mol. The molecule has 0 saturated carbocycles. The average molecular weight is 486 g/mol. The summed E-state index contributed by atoms with van der Waals surface area (Å²) in [7, 11) is 0. The normalized spacial score (nSPS) is 18.1. The van der Waals surface area contributed by atoms with Crippen LogP contribution in [0.3, 0.4) is 0 Å². The molecule has 4 rings (SSSR count). The molecule has 2 aliphatic rings. The minimum absolute atomic E-state index is 0.00638. The topological polar surface area (TPSA) is 84.7 Å². The van der Waals surface area contributed by atoms with Gasteiger partial charge in [0.15, 0.2) is 6.61 Å². The number of hydrogen-bond donors (Lipinski definition) is 2. The number of carbonyl (C=O) groups is 2. The molecule has 33 heavy (non-hydrogen) atoms. The van der Waals surface area contributed by atoms with E-state index in [2.05, 4.69) is 28.4 Å². The summed E-state index contributed by atoms with van der Waals surface area (Å²) in [4.78, 5) is 26.1. The quantitative estimate of drug-likeness (QED) is 0.581. The van der Waals surface area contributed by atoms with Crippen LogP contribution in [0.5, 0.6) is 5.75 Å². The highest BCUT2D eigenvalue weighted by Crippen LogP contribution is 2.43. The summed E-state index contributed by atoms with van der Waals surface area (Å²) in [6.45, 7) is 2.47. The van der Waals surface area contributed by atoms with Gasteiger partial charge in [-0.15, -0.1) is 23.5 Å². The van der Waals surface area contributed by atoms with Crippen LogP contribution >= 0.6 is 23.5 Å². The fourth-order valence-electron chi connectivity index (χ4n) is 4.13. The highest BCUT2D eigenvalue weighted by Gasteiger charge is 2.23. The van der Waals surface area contributed by atoms with Crippen molar-refractivity contribution in [1.29, 1.82) is 0 Å². The number of benzene rings is 2. The van der Waals surface area contributed by atoms with E-state index in [0.29, 0.717) is 10.3 Å². The fourth-order valence-corrected chi connectivity index (χ4v) is 7.02. The lowest BCUT2D eigenvalue weighted by Gasteiger charge is -2.30. The van der Waals surface area contributed by atoms with Crippen molar-refractivity contribution in [2.45, 2.75) is 30.4 Å². The second kappa shape index (κ2) is 11.8. The Morgan fingerprint density at radius 1 is 1.06 bits per heavy atom. The third-order valence-corrected chi connectivity index (χ3v) is 8.97. The summed E-state index contributed by atoms with van der Waals surface area (Å²) in [5.74, 6) is 2.74. The Labute approximate surface area is 204 Å². The second-order valence-electron chi connectivity index (χ2n) is 8.49. The Hall–Kier alpha value is -2.16. The summed E-state index contributed by atoms with van der Waals surface area (Å²) >= 11 is 3.98. The van der Waals surface area contributed by atoms with Gasteiger partial charge in [-0.2, -0.15) is 0 Å². The number of nitrogens with zero attached hydrogens (tertiary/aromatic N) is 1. The maximum Gasteiger partial charge on any atom is 0.262 e. The van der Waals surface area contributed by atoms with Crippen LogP contribution in [0.15, 0.2) is 48.5 Å². The number of primary amides is 1. The van der Waals surface area contributed by atoms with E-state index in [1.165, 1.54) is 23.5 Å². The van der Waals surface area contributed by atoms with E-state index in [1.54, 1.807) is 0 Å². The summed E-state index contributed by atoms with van der Waals surface area (Å²) in [6, 6.07) is 16.0. The lowest BCUT2D eigenvalue weighted by atomic mass is 9.96. The van der Waals surface area contributed by atoms with Gasteiger partial charge in [-0.25, -0.2) is 0 Å². The molecule has 2 amide bonds. The number of ether oxygens (including phenoxy) is 1. The summed E-state index contributed by atoms with van der Waals surface area (Å²) < 4.78 is 6.19. The van der Waals surface area contributed by atoms with E-state index in [1.807, 2.05) is 53.9 Å². The van der Waals surface area contributed by atoms with Crippen molar-refractivity contribution in [3.63, 3.8) is 0 Å². The van der Waals surface area contributed by atoms with Crippen molar-refractivity contribution in [3.05, 3.63) is 59.7 Å². The van der Waals surface area contributed by atoms with Crippen LogP contribution in [-0.2, 0) is 16.1 Å². The lowest BCUT2D eigenvalue weighted by Crippen LogP contribution is -2.38. The van der Waals surface area contributed by atoms with Gasteiger partial charge in [-0.1, -0.05) is 24.3 Å². The van der Waals surface area contributed by atoms with Crippen LogP contribution in [0.1, 0.15) is 35.0 Å². The van der Waals surface area contributed by atoms with Crippen LogP contribution in [0.2, 0.25) is 0 Å². The third-order valence-electron chi connectivity index (χ3n) is 5.96. The van der Waals surface area contributed by atoms with Gasteiger partial charge >= 0.3 is 0 Å². The van der Waals surface area contributed by atoms with E-state index >= 15 is 0 Å². The molecule has 0 aliphatic carbocycles. The molecule has 0 atom stereocenters. The summed E-state index contributed by atoms with van der Waals surface area (Å²) in [5.41, 5.74) is 8.61. The maximum atomic E-state index is 12.4. The first kappa shape index (κ1) is 24.0. The van der Waals surface area contributed by atoms with Crippen LogP contribution in [0.4, 0.5) is 5.69 Å². The molecular formula is C25H31N3O3S2. The molecule has 2 aromatic rings. The fraction of sp³-hybridized carbons (Fsp3) is 0.440. The predicted molar refractivity (Wildman–Crippen MR) is 136 cm³/mol. The number of anilines is 1. The van der Waals surface area contributed by atoms with Gasteiger partial charge < -0.3 is 15.8 Å². The first-order chi connectivity index (χ1) is 16.1. The number of thioether (sulfide) groups is 2. The molecule has 3 N–H and O–H groups in total. The highest BCUT2D eigenvalue weighted by molar-refractivity contribution is 8.16. The number of piperidine rings is 1. The van der Waals surface area contributed by atoms with Crippen molar-refractivity contribution in [2.24, 2.45) is 11.7 Å². The standard InChI is InChI=1S/C25H31N3O3S2/c26-24(30)19-9-11-28(12-10-19)16-18-3-1-4-21(15-18)27-23(29)17-31-22-7-5-20(6-8-22)25-32-13-2-14-33-25/h1,3-8,15,19,25H,2,9-14,16-17H2,(H2,26,30)(H,27,29). The Morgan fingerprint density at radius 3 is 2.48 bits per heavy atom. The zero-order valence-electron chi connectivity index (χ0n) is 18.7. The zero-order chi connectivity index (χ0) is 23.0. The van der Waals surface area contributed by atoms with Gasteiger partial charge in [0.2, 0.25) is 5.91 Å². The van der Waals surface area contributed by atoms with Crippen molar-refractivity contribution in [2.75, 3.05) is 36.5 Å². The number of carbonyl (C=O) groups excluding carboxylic acids is 2. The van der Waals surface area contributed by atoms with Gasteiger partial charge in [-0.3, -0.25) is 14.5 Å². The number of nitrogens with one attached hydrogen (secondary N) is 1. The van der Waals surface area contributed by atoms with E-state index in [0.717, 1.165) is 43.7 Å². The van der Waals surface area contributed by atoms with Crippen molar-refractivity contribution in [3.8, 4) is 5.75 Å². The molecule has 8 heteroatoms.